The van der Waals surface area contributed by atoms with Gasteiger partial charge in [0.05, 0.1) is 23.1 Å². The second-order valence-electron chi connectivity index (χ2n) is 6.71. The highest BCUT2D eigenvalue weighted by Gasteiger charge is 2.35. The highest BCUT2D eigenvalue weighted by atomic mass is 32.2. The molecule has 4 nitrogen and oxygen atoms in total. The number of furan rings is 1. The summed E-state index contributed by atoms with van der Waals surface area (Å²) in [5.74, 6) is 0.444. The molecule has 152 valence electrons. The van der Waals surface area contributed by atoms with Crippen molar-refractivity contribution in [3.05, 3.63) is 52.6 Å². The molecule has 2 saturated heterocycles. The van der Waals surface area contributed by atoms with Crippen molar-refractivity contribution in [1.82, 2.24) is 4.90 Å². The first-order valence-corrected chi connectivity index (χ1v) is 10.2. The third-order valence-corrected chi connectivity index (χ3v) is 6.04. The average molecular weight is 439 g/mol. The summed E-state index contributed by atoms with van der Waals surface area (Å²) < 4.78 is 50.4. The van der Waals surface area contributed by atoms with Gasteiger partial charge in [0, 0.05) is 18.2 Å². The Labute approximate surface area is 174 Å². The lowest BCUT2D eigenvalue weighted by molar-refractivity contribution is -0.137. The maximum Gasteiger partial charge on any atom is 0.416 e. The van der Waals surface area contributed by atoms with E-state index in [0.717, 1.165) is 25.0 Å². The van der Waals surface area contributed by atoms with E-state index >= 15 is 0 Å². The predicted molar refractivity (Wildman–Crippen MR) is 108 cm³/mol. The van der Waals surface area contributed by atoms with E-state index in [0.29, 0.717) is 33.7 Å². The van der Waals surface area contributed by atoms with Gasteiger partial charge in [-0.2, -0.15) is 13.2 Å². The largest absolute Gasteiger partial charge is 0.457 e. The van der Waals surface area contributed by atoms with E-state index in [1.54, 1.807) is 24.3 Å². The van der Waals surface area contributed by atoms with Gasteiger partial charge in [0.2, 0.25) is 0 Å². The monoisotopic (exact) mass is 439 g/mol. The van der Waals surface area contributed by atoms with E-state index in [1.165, 1.54) is 22.7 Å². The van der Waals surface area contributed by atoms with Crippen molar-refractivity contribution in [1.29, 1.82) is 0 Å². The number of nitrogens with zero attached hydrogens (tertiary/aromatic N) is 1. The minimum atomic E-state index is -4.43. The molecule has 1 aromatic carbocycles. The Bertz CT molecular complexity index is 977. The van der Waals surface area contributed by atoms with Crippen molar-refractivity contribution in [2.75, 3.05) is 13.2 Å². The Morgan fingerprint density at radius 2 is 2.10 bits per heavy atom. The fraction of sp³-hybridized carbons (Fsp3) is 0.300. The van der Waals surface area contributed by atoms with Gasteiger partial charge in [0.25, 0.3) is 5.91 Å². The lowest BCUT2D eigenvalue weighted by Crippen LogP contribution is -2.35. The fourth-order valence-corrected chi connectivity index (χ4v) is 4.47. The first-order valence-electron chi connectivity index (χ1n) is 8.96. The maximum absolute atomic E-state index is 12.9. The summed E-state index contributed by atoms with van der Waals surface area (Å²) in [6, 6.07) is 8.10. The third-order valence-electron chi connectivity index (χ3n) is 4.66. The Balaban J connectivity index is 1.52. The predicted octanol–water partition coefficient (Wildman–Crippen LogP) is 5.35. The van der Waals surface area contributed by atoms with Crippen LogP contribution in [0.25, 0.3) is 17.4 Å². The van der Waals surface area contributed by atoms with Crippen molar-refractivity contribution in [2.24, 2.45) is 0 Å². The number of alkyl halides is 3. The van der Waals surface area contributed by atoms with Crippen LogP contribution in [0.5, 0.6) is 0 Å². The molecule has 0 unspecified atom stereocenters. The van der Waals surface area contributed by atoms with E-state index < -0.39 is 11.7 Å². The zero-order valence-electron chi connectivity index (χ0n) is 15.1. The number of rotatable bonds is 4. The Morgan fingerprint density at radius 3 is 2.83 bits per heavy atom. The molecule has 0 radical (unpaired) electrons. The quantitative estimate of drug-likeness (QED) is 0.475. The molecular weight excluding hydrogens is 423 g/mol. The van der Waals surface area contributed by atoms with Crippen LogP contribution in [0.4, 0.5) is 13.2 Å². The van der Waals surface area contributed by atoms with Crippen molar-refractivity contribution in [2.45, 2.75) is 25.1 Å². The van der Waals surface area contributed by atoms with E-state index in [2.05, 4.69) is 0 Å². The normalized spacial score (nSPS) is 21.6. The summed E-state index contributed by atoms with van der Waals surface area (Å²) in [6.45, 7) is 1.12. The van der Waals surface area contributed by atoms with Gasteiger partial charge in [0.15, 0.2) is 0 Å². The molecule has 4 rings (SSSR count). The van der Waals surface area contributed by atoms with Gasteiger partial charge < -0.3 is 9.15 Å². The molecule has 29 heavy (non-hydrogen) atoms. The Hall–Kier alpha value is -2.10. The number of hydrogen-bond acceptors (Lipinski definition) is 5. The summed E-state index contributed by atoms with van der Waals surface area (Å²) in [6.07, 6.45) is -1.00. The minimum absolute atomic E-state index is 0.00651. The molecular formula is C20H16F3NO3S2. The summed E-state index contributed by atoms with van der Waals surface area (Å²) in [5, 5.41) is 0. The molecule has 2 aliphatic heterocycles. The smallest absolute Gasteiger partial charge is 0.416 e. The number of halogens is 3. The first kappa shape index (κ1) is 20.2. The highest BCUT2D eigenvalue weighted by molar-refractivity contribution is 8.26. The Morgan fingerprint density at radius 1 is 1.28 bits per heavy atom. The van der Waals surface area contributed by atoms with Gasteiger partial charge in [-0.15, -0.1) is 0 Å². The lowest BCUT2D eigenvalue weighted by Gasteiger charge is -2.18. The minimum Gasteiger partial charge on any atom is -0.457 e. The van der Waals surface area contributed by atoms with Crippen LogP contribution < -0.4 is 0 Å². The molecule has 1 aromatic heterocycles. The summed E-state index contributed by atoms with van der Waals surface area (Å²) >= 11 is 6.49. The summed E-state index contributed by atoms with van der Waals surface area (Å²) in [5.41, 5.74) is -0.437. The number of amides is 1. The zero-order chi connectivity index (χ0) is 20.6. The van der Waals surface area contributed by atoms with E-state index in [1.807, 2.05) is 0 Å². The molecule has 1 amide bonds. The van der Waals surface area contributed by atoms with E-state index in [-0.39, 0.29) is 17.8 Å². The van der Waals surface area contributed by atoms with Crippen molar-refractivity contribution in [3.8, 4) is 11.3 Å². The number of carbonyl (C=O) groups excluding carboxylic acids is 1. The second kappa shape index (κ2) is 7.97. The molecule has 0 spiro atoms. The standard InChI is InChI=1S/C20H16F3NO3S2/c21-20(22,23)13-4-1-3-12(9-13)16-7-6-14(27-16)10-17-18(25)24(19(28)29-17)11-15-5-2-8-26-15/h1,3-4,6-7,9-10,15H,2,5,8,11H2/b17-10-/t15-/m1/s1. The maximum atomic E-state index is 12.9. The van der Waals surface area contributed by atoms with Crippen LogP contribution in [0.15, 0.2) is 45.7 Å². The van der Waals surface area contributed by atoms with Gasteiger partial charge >= 0.3 is 6.18 Å². The van der Waals surface area contributed by atoms with Crippen molar-refractivity contribution < 1.29 is 27.1 Å². The van der Waals surface area contributed by atoms with Gasteiger partial charge in [-0.05, 0) is 37.1 Å². The lowest BCUT2D eigenvalue weighted by atomic mass is 10.1. The average Bonchev–Trinajstić information content (AvgIpc) is 3.40. The SMILES string of the molecule is O=C1/C(=C/c2ccc(-c3cccc(C(F)(F)F)c3)o2)SC(=S)N1C[C@H]1CCCO1. The molecule has 3 heterocycles. The molecule has 2 aliphatic rings. The number of carbonyl (C=O) groups is 1. The molecule has 2 fully saturated rings. The first-order chi connectivity index (χ1) is 13.8. The van der Waals surface area contributed by atoms with Gasteiger partial charge in [-0.1, -0.05) is 36.1 Å². The number of benzene rings is 1. The molecule has 0 N–H and O–H groups in total. The summed E-state index contributed by atoms with van der Waals surface area (Å²) in [4.78, 5) is 14.6. The van der Waals surface area contributed by atoms with Crippen molar-refractivity contribution >= 4 is 40.3 Å². The number of ether oxygens (including phenoxy) is 1. The zero-order valence-corrected chi connectivity index (χ0v) is 16.7. The topological polar surface area (TPSA) is 42.7 Å². The number of thiocarbonyl (C=S) groups is 1. The number of thioether (sulfide) groups is 1. The van der Waals surface area contributed by atoms with Crippen LogP contribution in [-0.2, 0) is 15.7 Å². The summed E-state index contributed by atoms with van der Waals surface area (Å²) in [7, 11) is 0. The van der Waals surface area contributed by atoms with Crippen LogP contribution in [-0.4, -0.2) is 34.4 Å². The van der Waals surface area contributed by atoms with Crippen LogP contribution in [0, 0.1) is 0 Å². The Kier molecular flexibility index (Phi) is 5.54. The van der Waals surface area contributed by atoms with Crippen molar-refractivity contribution in [3.63, 3.8) is 0 Å². The molecule has 1 atom stereocenters. The molecule has 9 heteroatoms. The van der Waals surface area contributed by atoms with E-state index in [4.69, 9.17) is 21.4 Å². The fourth-order valence-electron chi connectivity index (χ4n) is 3.21. The van der Waals surface area contributed by atoms with Gasteiger partial charge in [-0.25, -0.2) is 0 Å². The molecule has 2 aromatic rings. The molecule has 0 aliphatic carbocycles. The van der Waals surface area contributed by atoms with Gasteiger partial charge in [-0.3, -0.25) is 9.69 Å². The van der Waals surface area contributed by atoms with Crippen LogP contribution in [0.1, 0.15) is 24.2 Å². The van der Waals surface area contributed by atoms with Crippen LogP contribution >= 0.6 is 24.0 Å². The van der Waals surface area contributed by atoms with Gasteiger partial charge in [0.1, 0.15) is 15.8 Å². The van der Waals surface area contributed by atoms with Crippen LogP contribution in [0.3, 0.4) is 0 Å². The second-order valence-corrected chi connectivity index (χ2v) is 8.38. The molecule has 0 bridgehead atoms. The number of hydrogen-bond donors (Lipinski definition) is 0. The highest BCUT2D eigenvalue weighted by Crippen LogP contribution is 2.35. The molecule has 0 saturated carbocycles. The van der Waals surface area contributed by atoms with Crippen LogP contribution in [0.2, 0.25) is 0 Å². The van der Waals surface area contributed by atoms with E-state index in [9.17, 15) is 18.0 Å². The third kappa shape index (κ3) is 4.41.